The Morgan fingerprint density at radius 2 is 1.94 bits per heavy atom. The predicted molar refractivity (Wildman–Crippen MR) is 69.0 cm³/mol. The van der Waals surface area contributed by atoms with Crippen LogP contribution >= 0.6 is 0 Å². The summed E-state index contributed by atoms with van der Waals surface area (Å²) >= 11 is 0. The van der Waals surface area contributed by atoms with Crippen LogP contribution in [0, 0.1) is 11.3 Å². The maximum atomic E-state index is 10.8. The number of piperazine rings is 1. The molecule has 1 fully saturated rings. The van der Waals surface area contributed by atoms with E-state index >= 15 is 0 Å². The van der Waals surface area contributed by atoms with E-state index in [1.807, 2.05) is 29.2 Å². The van der Waals surface area contributed by atoms with E-state index in [0.29, 0.717) is 12.1 Å². The topological polar surface area (TPSA) is 73.4 Å². The average Bonchev–Trinajstić information content (AvgIpc) is 2.39. The summed E-state index contributed by atoms with van der Waals surface area (Å²) in [5, 5.41) is 9.07. The van der Waals surface area contributed by atoms with Crippen molar-refractivity contribution >= 4 is 11.6 Å². The van der Waals surface area contributed by atoms with Crippen molar-refractivity contribution in [2.24, 2.45) is 5.73 Å². The van der Waals surface area contributed by atoms with Crippen molar-refractivity contribution in [1.82, 2.24) is 4.90 Å². The van der Waals surface area contributed by atoms with E-state index in [9.17, 15) is 4.79 Å². The number of benzene rings is 1. The summed E-state index contributed by atoms with van der Waals surface area (Å²) in [6, 6.07) is 9.79. The number of hydrogen-bond donors (Lipinski definition) is 1. The highest BCUT2D eigenvalue weighted by molar-refractivity contribution is 5.76. The standard InChI is InChI=1S/C13H16N4O/c14-9-11-3-1-2-4-12(11)17-7-5-16(6-8-17)10-13(15)18/h1-4H,5-8,10H2,(H2,15,18). The van der Waals surface area contributed by atoms with E-state index in [2.05, 4.69) is 11.0 Å². The van der Waals surface area contributed by atoms with Crippen molar-refractivity contribution in [2.45, 2.75) is 0 Å². The molecule has 0 aromatic heterocycles. The third kappa shape index (κ3) is 2.79. The minimum Gasteiger partial charge on any atom is -0.369 e. The largest absolute Gasteiger partial charge is 0.369 e. The van der Waals surface area contributed by atoms with E-state index in [0.717, 1.165) is 31.9 Å². The lowest BCUT2D eigenvalue weighted by Gasteiger charge is -2.35. The summed E-state index contributed by atoms with van der Waals surface area (Å²) in [6.45, 7) is 3.52. The second-order valence-corrected chi connectivity index (χ2v) is 4.36. The van der Waals surface area contributed by atoms with Crippen LogP contribution in [0.5, 0.6) is 0 Å². The molecule has 5 nitrogen and oxygen atoms in total. The summed E-state index contributed by atoms with van der Waals surface area (Å²) in [7, 11) is 0. The minimum absolute atomic E-state index is 0.291. The van der Waals surface area contributed by atoms with Crippen LogP contribution in [0.2, 0.25) is 0 Å². The van der Waals surface area contributed by atoms with Gasteiger partial charge in [0.1, 0.15) is 6.07 Å². The maximum absolute atomic E-state index is 10.8. The van der Waals surface area contributed by atoms with Gasteiger partial charge in [0, 0.05) is 26.2 Å². The molecule has 1 saturated heterocycles. The molecule has 1 aromatic rings. The highest BCUT2D eigenvalue weighted by Gasteiger charge is 2.19. The molecule has 0 spiro atoms. The molecule has 1 aliphatic heterocycles. The van der Waals surface area contributed by atoms with Crippen molar-refractivity contribution in [3.05, 3.63) is 29.8 Å². The second kappa shape index (κ2) is 5.52. The fraction of sp³-hybridized carbons (Fsp3) is 0.385. The van der Waals surface area contributed by atoms with Gasteiger partial charge in [0.15, 0.2) is 0 Å². The van der Waals surface area contributed by atoms with Crippen LogP contribution in [0.1, 0.15) is 5.56 Å². The van der Waals surface area contributed by atoms with Gasteiger partial charge in [-0.2, -0.15) is 5.26 Å². The van der Waals surface area contributed by atoms with Crippen molar-refractivity contribution in [3.63, 3.8) is 0 Å². The monoisotopic (exact) mass is 244 g/mol. The van der Waals surface area contributed by atoms with E-state index < -0.39 is 0 Å². The molecule has 0 saturated carbocycles. The molecule has 5 heteroatoms. The number of carbonyl (C=O) groups is 1. The molecule has 0 aliphatic carbocycles. The number of para-hydroxylation sites is 1. The third-order valence-corrected chi connectivity index (χ3v) is 3.12. The van der Waals surface area contributed by atoms with Gasteiger partial charge >= 0.3 is 0 Å². The highest BCUT2D eigenvalue weighted by Crippen LogP contribution is 2.20. The molecule has 0 radical (unpaired) electrons. The lowest BCUT2D eigenvalue weighted by molar-refractivity contribution is -0.119. The average molecular weight is 244 g/mol. The molecule has 1 amide bonds. The van der Waals surface area contributed by atoms with Gasteiger partial charge in [0.25, 0.3) is 0 Å². The molecule has 1 aliphatic rings. The predicted octanol–water partition coefficient (Wildman–Crippen LogP) is 0.166. The van der Waals surface area contributed by atoms with Crippen LogP contribution in [0.4, 0.5) is 5.69 Å². The Hall–Kier alpha value is -2.06. The van der Waals surface area contributed by atoms with Crippen molar-refractivity contribution in [1.29, 1.82) is 5.26 Å². The van der Waals surface area contributed by atoms with Gasteiger partial charge in [-0.15, -0.1) is 0 Å². The Bertz CT molecular complexity index is 472. The maximum Gasteiger partial charge on any atom is 0.231 e. The molecule has 1 heterocycles. The summed E-state index contributed by atoms with van der Waals surface area (Å²) < 4.78 is 0. The van der Waals surface area contributed by atoms with Crippen LogP contribution in [0.15, 0.2) is 24.3 Å². The van der Waals surface area contributed by atoms with Gasteiger partial charge in [-0.25, -0.2) is 0 Å². The Balaban J connectivity index is 2.01. The Morgan fingerprint density at radius 3 is 2.56 bits per heavy atom. The zero-order valence-electron chi connectivity index (χ0n) is 10.2. The van der Waals surface area contributed by atoms with Gasteiger partial charge < -0.3 is 10.6 Å². The number of amides is 1. The van der Waals surface area contributed by atoms with Crippen LogP contribution in [-0.2, 0) is 4.79 Å². The first kappa shape index (κ1) is 12.4. The van der Waals surface area contributed by atoms with Crippen LogP contribution < -0.4 is 10.6 Å². The molecule has 18 heavy (non-hydrogen) atoms. The van der Waals surface area contributed by atoms with Crippen molar-refractivity contribution < 1.29 is 4.79 Å². The minimum atomic E-state index is -0.291. The van der Waals surface area contributed by atoms with Gasteiger partial charge in [-0.1, -0.05) is 12.1 Å². The number of primary amides is 1. The number of nitrogens with zero attached hydrogens (tertiary/aromatic N) is 3. The third-order valence-electron chi connectivity index (χ3n) is 3.12. The zero-order chi connectivity index (χ0) is 13.0. The van der Waals surface area contributed by atoms with E-state index in [4.69, 9.17) is 11.0 Å². The number of nitrogens with two attached hydrogens (primary N) is 1. The Labute approximate surface area is 106 Å². The number of anilines is 1. The SMILES string of the molecule is N#Cc1ccccc1N1CCN(CC(N)=O)CC1. The van der Waals surface area contributed by atoms with Gasteiger partial charge in [-0.3, -0.25) is 9.69 Å². The lowest BCUT2D eigenvalue weighted by Crippen LogP contribution is -2.49. The summed E-state index contributed by atoms with van der Waals surface area (Å²) in [5.74, 6) is -0.291. The van der Waals surface area contributed by atoms with Crippen LogP contribution in [-0.4, -0.2) is 43.5 Å². The van der Waals surface area contributed by atoms with Gasteiger partial charge in [-0.05, 0) is 12.1 Å². The molecule has 0 unspecified atom stereocenters. The first-order valence-electron chi connectivity index (χ1n) is 5.95. The first-order chi connectivity index (χ1) is 8.70. The molecule has 2 N–H and O–H groups in total. The molecule has 0 bridgehead atoms. The van der Waals surface area contributed by atoms with Crippen molar-refractivity contribution in [3.8, 4) is 6.07 Å². The van der Waals surface area contributed by atoms with Gasteiger partial charge in [0.05, 0.1) is 17.8 Å². The molecule has 94 valence electrons. The lowest BCUT2D eigenvalue weighted by atomic mass is 10.1. The summed E-state index contributed by atoms with van der Waals surface area (Å²) in [5.41, 5.74) is 6.84. The van der Waals surface area contributed by atoms with Crippen LogP contribution in [0.3, 0.4) is 0 Å². The smallest absolute Gasteiger partial charge is 0.231 e. The van der Waals surface area contributed by atoms with E-state index in [1.54, 1.807) is 0 Å². The summed E-state index contributed by atoms with van der Waals surface area (Å²) in [4.78, 5) is 15.1. The first-order valence-corrected chi connectivity index (χ1v) is 5.95. The molecule has 0 atom stereocenters. The Kier molecular flexibility index (Phi) is 3.80. The molecule has 1 aromatic carbocycles. The summed E-state index contributed by atoms with van der Waals surface area (Å²) in [6.07, 6.45) is 0. The number of rotatable bonds is 3. The molecular weight excluding hydrogens is 228 g/mol. The quantitative estimate of drug-likeness (QED) is 0.822. The number of carbonyl (C=O) groups excluding carboxylic acids is 1. The highest BCUT2D eigenvalue weighted by atomic mass is 16.1. The Morgan fingerprint density at radius 1 is 1.28 bits per heavy atom. The van der Waals surface area contributed by atoms with Crippen LogP contribution in [0.25, 0.3) is 0 Å². The van der Waals surface area contributed by atoms with Gasteiger partial charge in [0.2, 0.25) is 5.91 Å². The zero-order valence-corrected chi connectivity index (χ0v) is 10.2. The molecule has 2 rings (SSSR count). The second-order valence-electron chi connectivity index (χ2n) is 4.36. The van der Waals surface area contributed by atoms with Crippen molar-refractivity contribution in [2.75, 3.05) is 37.6 Å². The fourth-order valence-corrected chi connectivity index (χ4v) is 2.21. The van der Waals surface area contributed by atoms with E-state index in [-0.39, 0.29) is 5.91 Å². The fourth-order valence-electron chi connectivity index (χ4n) is 2.21. The number of hydrogen-bond acceptors (Lipinski definition) is 4. The normalized spacial score (nSPS) is 16.3. The molecular formula is C13H16N4O. The number of nitriles is 1. The van der Waals surface area contributed by atoms with E-state index in [1.165, 1.54) is 0 Å².